The van der Waals surface area contributed by atoms with Gasteiger partial charge < -0.3 is 139 Å². The van der Waals surface area contributed by atoms with Crippen LogP contribution in [0.1, 0.15) is 85.5 Å². The van der Waals surface area contributed by atoms with Gasteiger partial charge in [-0.15, -0.1) is 0 Å². The lowest BCUT2D eigenvalue weighted by atomic mass is 9.44. The van der Waals surface area contributed by atoms with E-state index in [0.29, 0.717) is 37.2 Å². The van der Waals surface area contributed by atoms with Crippen molar-refractivity contribution in [2.75, 3.05) is 39.6 Å². The van der Waals surface area contributed by atoms with E-state index < -0.39 is 198 Å². The number of hydrogen-bond donors (Lipinski definition) is 16. The first-order valence-electron chi connectivity index (χ1n) is 30.4. The van der Waals surface area contributed by atoms with Gasteiger partial charge in [-0.05, 0) is 91.8 Å². The van der Waals surface area contributed by atoms with E-state index in [1.807, 2.05) is 0 Å². The summed E-state index contributed by atoms with van der Waals surface area (Å²) in [7, 11) is 0. The van der Waals surface area contributed by atoms with Crippen LogP contribution in [0.2, 0.25) is 0 Å². The van der Waals surface area contributed by atoms with Crippen molar-refractivity contribution in [1.82, 2.24) is 0 Å². The van der Waals surface area contributed by atoms with Crippen LogP contribution in [0, 0.1) is 52.3 Å². The first-order chi connectivity index (χ1) is 39.9. The monoisotopic (exact) mass is 1210 g/mol. The average Bonchev–Trinajstić information content (AvgIpc) is 2.05. The highest BCUT2D eigenvalue weighted by atomic mass is 16.8. The molecule has 11 aliphatic rings. The van der Waals surface area contributed by atoms with Crippen molar-refractivity contribution < 1.29 is 139 Å². The molecule has 0 aromatic heterocycles. The van der Waals surface area contributed by atoms with E-state index in [1.165, 1.54) is 0 Å². The van der Waals surface area contributed by atoms with E-state index in [9.17, 15) is 81.7 Å². The lowest BCUT2D eigenvalue weighted by Gasteiger charge is -2.61. The molecule has 0 aromatic carbocycles. The Hall–Kier alpha value is -1.12. The summed E-state index contributed by atoms with van der Waals surface area (Å²) in [6.45, 7) is 5.62. The minimum atomic E-state index is -2.19. The first-order valence-corrected chi connectivity index (χ1v) is 30.4. The van der Waals surface area contributed by atoms with E-state index >= 15 is 0 Å². The number of aliphatic hydroxyl groups is 16. The Morgan fingerprint density at radius 3 is 1.67 bits per heavy atom. The number of fused-ring (bicyclic) bond motifs is 7. The smallest absolute Gasteiger partial charge is 0.187 e. The van der Waals surface area contributed by atoms with E-state index in [4.69, 9.17) is 56.8 Å². The molecule has 4 aliphatic carbocycles. The third-order valence-corrected chi connectivity index (χ3v) is 22.1. The van der Waals surface area contributed by atoms with Crippen molar-refractivity contribution >= 4 is 0 Å². The summed E-state index contributed by atoms with van der Waals surface area (Å²) in [5.74, 6) is 1.11. The number of aliphatic hydroxyl groups excluding tert-OH is 16. The molecule has 84 heavy (non-hydrogen) atoms. The van der Waals surface area contributed by atoms with Crippen LogP contribution < -0.4 is 0 Å². The molecule has 484 valence electrons. The summed E-state index contributed by atoms with van der Waals surface area (Å²) in [6, 6.07) is 0. The van der Waals surface area contributed by atoms with E-state index in [0.717, 1.165) is 44.9 Å². The van der Waals surface area contributed by atoms with Crippen molar-refractivity contribution in [3.8, 4) is 0 Å². The normalized spacial score (nSPS) is 57.7. The summed E-state index contributed by atoms with van der Waals surface area (Å²) in [5.41, 5.74) is -0.182. The summed E-state index contributed by atoms with van der Waals surface area (Å²) in [5, 5.41) is 176. The highest BCUT2D eigenvalue weighted by Gasteiger charge is 2.73. The van der Waals surface area contributed by atoms with Crippen LogP contribution in [0.15, 0.2) is 0 Å². The molecular weight excluding hydrogens is 1120 g/mol. The van der Waals surface area contributed by atoms with Gasteiger partial charge in [0.15, 0.2) is 37.2 Å². The van der Waals surface area contributed by atoms with Crippen LogP contribution in [0.25, 0.3) is 0 Å². The molecular formula is C56H92O28. The second-order valence-corrected chi connectivity index (χ2v) is 26.8. The van der Waals surface area contributed by atoms with Crippen LogP contribution in [0.3, 0.4) is 0 Å². The molecule has 11 rings (SSSR count). The third kappa shape index (κ3) is 11.1. The standard InChI is InChI=1S/C56H92O28/c1-20-7-12-56(74-18-20)21(2)31-45(84-56)37(66)32-24-6-5-22-13-23(8-10-54(22,3)25(24)9-11-55(31,32)4)75-50-42(71)39(68)44(30(17-60)79-50)80-53-48(47(36(65)29(16-59)78-53)82-49-40(69)33(62)26(61)19-73-49)83-52-43(72)46(35(64)28(15-58)77-52)81-51-41(70)38(67)34(63)27(14-57)76-51/h20-53,57-72H,5-19H2,1-4H3/t20-,21?,22+,23+,24?,25?,26-,27-,28-,29-,30-,31?,32?,33+,34-,35+,36-,37?,38+,39-,40-,41-,42-,43-,44+,45?,46+,47+,48-,49?,50-,51?,52+,53?,54+,55-,56-/m1/s1. The van der Waals surface area contributed by atoms with Gasteiger partial charge in [0.1, 0.15) is 116 Å². The Morgan fingerprint density at radius 1 is 0.440 bits per heavy atom. The summed E-state index contributed by atoms with van der Waals surface area (Å²) in [4.78, 5) is 0. The molecule has 4 saturated carbocycles. The fraction of sp³-hybridized carbons (Fsp3) is 1.00. The van der Waals surface area contributed by atoms with E-state index in [2.05, 4.69) is 27.7 Å². The largest absolute Gasteiger partial charge is 0.394 e. The van der Waals surface area contributed by atoms with Crippen molar-refractivity contribution in [3.63, 3.8) is 0 Å². The maximum Gasteiger partial charge on any atom is 0.187 e. The molecule has 0 aromatic rings. The highest BCUT2D eigenvalue weighted by Crippen LogP contribution is 2.71. The maximum atomic E-state index is 12.3. The first kappa shape index (κ1) is 64.4. The number of rotatable bonds is 14. The Morgan fingerprint density at radius 2 is 1.00 bits per heavy atom. The molecule has 11 fully saturated rings. The van der Waals surface area contributed by atoms with Gasteiger partial charge in [0.05, 0.1) is 58.0 Å². The molecule has 37 atom stereocenters. The quantitative estimate of drug-likeness (QED) is 0.0722. The topological polar surface area (TPSA) is 434 Å². The SMILES string of the molecule is CC1C2C(O[C@]13CC[C@@H](C)CO3)C(O)C1C3CC[C@H]4C[C@@H](O[C@@H]5O[C@H](CO)[C@H](OC6O[C@H](CO)[C@@H](O)[C@H](OC7OC[C@@H](O)[C@H](O)[C@H]7O)[C@H]6O[C@@H]6O[C@H](CO)[C@H](O)[C@H](OC7O[C@H](CO)[C@@H](O)[C@H](O)[C@H]7O)[C@H]6O)[C@H](O)[C@H]5O)CC[C@]4(C)C3CC[C@@]12C. The number of hydrogen-bond acceptors (Lipinski definition) is 28. The minimum Gasteiger partial charge on any atom is -0.394 e. The van der Waals surface area contributed by atoms with Crippen molar-refractivity contribution in [3.05, 3.63) is 0 Å². The van der Waals surface area contributed by atoms with Gasteiger partial charge in [-0.1, -0.05) is 27.7 Å². The molecule has 28 heteroatoms. The van der Waals surface area contributed by atoms with Crippen LogP contribution in [0.4, 0.5) is 0 Å². The van der Waals surface area contributed by atoms with Crippen LogP contribution in [-0.2, 0) is 56.8 Å². The maximum absolute atomic E-state index is 12.3. The fourth-order valence-electron chi connectivity index (χ4n) is 17.4. The molecule has 7 saturated heterocycles. The molecule has 0 radical (unpaired) electrons. The third-order valence-electron chi connectivity index (χ3n) is 22.1. The van der Waals surface area contributed by atoms with Crippen molar-refractivity contribution in [1.29, 1.82) is 0 Å². The predicted molar refractivity (Wildman–Crippen MR) is 276 cm³/mol. The highest BCUT2D eigenvalue weighted by molar-refractivity contribution is 5.19. The lowest BCUT2D eigenvalue weighted by molar-refractivity contribution is -0.409. The van der Waals surface area contributed by atoms with Gasteiger partial charge in [0.2, 0.25) is 0 Å². The van der Waals surface area contributed by atoms with Gasteiger partial charge >= 0.3 is 0 Å². The molecule has 0 bridgehead atoms. The number of ether oxygens (including phenoxy) is 12. The zero-order chi connectivity index (χ0) is 60.2. The Balaban J connectivity index is 0.787. The van der Waals surface area contributed by atoms with Crippen LogP contribution in [-0.4, -0.2) is 293 Å². The second kappa shape index (κ2) is 25.2. The zero-order valence-corrected chi connectivity index (χ0v) is 47.8. The molecule has 10 unspecified atom stereocenters. The molecule has 7 aliphatic heterocycles. The Kier molecular flexibility index (Phi) is 19.3. The van der Waals surface area contributed by atoms with Gasteiger partial charge in [-0.2, -0.15) is 0 Å². The Bertz CT molecular complexity index is 2180. The van der Waals surface area contributed by atoms with Crippen LogP contribution >= 0.6 is 0 Å². The van der Waals surface area contributed by atoms with Crippen LogP contribution in [0.5, 0.6) is 0 Å². The molecule has 16 N–H and O–H groups in total. The second-order valence-electron chi connectivity index (χ2n) is 26.8. The van der Waals surface area contributed by atoms with Gasteiger partial charge in [-0.3, -0.25) is 0 Å². The predicted octanol–water partition coefficient (Wildman–Crippen LogP) is -5.48. The zero-order valence-electron chi connectivity index (χ0n) is 47.8. The molecule has 28 nitrogen and oxygen atoms in total. The molecule has 0 amide bonds. The summed E-state index contributed by atoms with van der Waals surface area (Å²) in [6.07, 6.45) is -38.1. The summed E-state index contributed by atoms with van der Waals surface area (Å²) < 4.78 is 73.1. The molecule has 1 spiro atoms. The average molecular weight is 1210 g/mol. The van der Waals surface area contributed by atoms with Crippen molar-refractivity contribution in [2.24, 2.45) is 52.3 Å². The lowest BCUT2D eigenvalue weighted by Crippen LogP contribution is -2.69. The van der Waals surface area contributed by atoms with Gasteiger partial charge in [0, 0.05) is 18.3 Å². The minimum absolute atomic E-state index is 0.0752. The van der Waals surface area contributed by atoms with Gasteiger partial charge in [0.25, 0.3) is 0 Å². The summed E-state index contributed by atoms with van der Waals surface area (Å²) >= 11 is 0. The van der Waals surface area contributed by atoms with E-state index in [1.54, 1.807) is 0 Å². The fourth-order valence-corrected chi connectivity index (χ4v) is 17.4. The Labute approximate surface area is 486 Å². The van der Waals surface area contributed by atoms with E-state index in [-0.39, 0.29) is 40.6 Å². The van der Waals surface area contributed by atoms with Crippen molar-refractivity contribution in [2.45, 2.75) is 257 Å². The molecule has 7 heterocycles. The van der Waals surface area contributed by atoms with Gasteiger partial charge in [-0.25, -0.2) is 0 Å².